The molecule has 2 aliphatic heterocycles. The number of piperazine rings is 1. The molecule has 1 aromatic carbocycles. The van der Waals surface area contributed by atoms with E-state index in [1.54, 1.807) is 6.07 Å². The molecule has 2 atom stereocenters. The Morgan fingerprint density at radius 3 is 2.25 bits per heavy atom. The summed E-state index contributed by atoms with van der Waals surface area (Å²) >= 11 is 0. The van der Waals surface area contributed by atoms with Gasteiger partial charge >= 0.3 is 6.18 Å². The number of hydrogen-bond acceptors (Lipinski definition) is 3. The number of alkyl halides is 3. The van der Waals surface area contributed by atoms with Gasteiger partial charge in [-0.05, 0) is 29.9 Å². The van der Waals surface area contributed by atoms with E-state index < -0.39 is 11.7 Å². The van der Waals surface area contributed by atoms with Crippen LogP contribution in [0.5, 0.6) is 0 Å². The monoisotopic (exact) mass is 397 g/mol. The summed E-state index contributed by atoms with van der Waals surface area (Å²) in [6.45, 7) is 10.1. The summed E-state index contributed by atoms with van der Waals surface area (Å²) in [6.07, 6.45) is -3.13. The number of hydrogen-bond donors (Lipinski definition) is 0. The zero-order valence-electron chi connectivity index (χ0n) is 16.7. The number of likely N-dealkylation sites (tertiary alicyclic amines) is 1. The van der Waals surface area contributed by atoms with Gasteiger partial charge in [-0.15, -0.1) is 0 Å². The summed E-state index contributed by atoms with van der Waals surface area (Å²) in [5.74, 6) is 1.30. The van der Waals surface area contributed by atoms with Gasteiger partial charge in [0, 0.05) is 45.8 Å². The molecule has 0 aromatic heterocycles. The highest BCUT2D eigenvalue weighted by atomic mass is 19.4. The van der Waals surface area contributed by atoms with Gasteiger partial charge in [-0.3, -0.25) is 14.6 Å². The number of amides is 1. The van der Waals surface area contributed by atoms with Gasteiger partial charge in [0.15, 0.2) is 0 Å². The molecule has 2 aliphatic rings. The van der Waals surface area contributed by atoms with Gasteiger partial charge in [-0.2, -0.15) is 13.2 Å². The van der Waals surface area contributed by atoms with Crippen molar-refractivity contribution in [3.05, 3.63) is 35.4 Å². The molecule has 0 bridgehead atoms. The van der Waals surface area contributed by atoms with Gasteiger partial charge in [0.25, 0.3) is 0 Å². The van der Waals surface area contributed by atoms with Crippen LogP contribution in [0.15, 0.2) is 24.3 Å². The number of piperidine rings is 1. The number of rotatable bonds is 4. The minimum Gasteiger partial charge on any atom is -0.341 e. The lowest BCUT2D eigenvalue weighted by Crippen LogP contribution is -2.51. The van der Waals surface area contributed by atoms with E-state index in [4.69, 9.17) is 0 Å². The highest BCUT2D eigenvalue weighted by Gasteiger charge is 2.31. The SMILES string of the molecule is CC1CC(C)CN(C(=O)CN2CCN(Cc3cccc(C(F)(F)F)c3)CC2)C1. The molecule has 156 valence electrons. The van der Waals surface area contributed by atoms with Gasteiger partial charge in [0.2, 0.25) is 5.91 Å². The van der Waals surface area contributed by atoms with E-state index in [0.717, 1.165) is 45.3 Å². The fourth-order valence-electron chi connectivity index (χ4n) is 4.37. The van der Waals surface area contributed by atoms with E-state index in [9.17, 15) is 18.0 Å². The predicted octanol–water partition coefficient (Wildman–Crippen LogP) is 3.33. The Labute approximate surface area is 165 Å². The topological polar surface area (TPSA) is 26.8 Å². The van der Waals surface area contributed by atoms with Gasteiger partial charge in [0.1, 0.15) is 0 Å². The second-order valence-electron chi connectivity index (χ2n) is 8.50. The molecule has 3 rings (SSSR count). The van der Waals surface area contributed by atoms with Crippen molar-refractivity contribution in [2.75, 3.05) is 45.8 Å². The smallest absolute Gasteiger partial charge is 0.341 e. The highest BCUT2D eigenvalue weighted by Crippen LogP contribution is 2.29. The van der Waals surface area contributed by atoms with Crippen LogP contribution in [0.3, 0.4) is 0 Å². The van der Waals surface area contributed by atoms with E-state index in [2.05, 4.69) is 23.6 Å². The lowest BCUT2D eigenvalue weighted by atomic mass is 9.92. The highest BCUT2D eigenvalue weighted by molar-refractivity contribution is 5.78. The molecular formula is C21H30F3N3O. The fraction of sp³-hybridized carbons (Fsp3) is 0.667. The Morgan fingerprint density at radius 2 is 1.64 bits per heavy atom. The van der Waals surface area contributed by atoms with E-state index in [1.807, 2.05) is 4.90 Å². The van der Waals surface area contributed by atoms with Crippen LogP contribution in [0.4, 0.5) is 13.2 Å². The first-order valence-corrected chi connectivity index (χ1v) is 10.1. The van der Waals surface area contributed by atoms with Crippen molar-refractivity contribution >= 4 is 5.91 Å². The van der Waals surface area contributed by atoms with Crippen LogP contribution < -0.4 is 0 Å². The molecule has 0 spiro atoms. The lowest BCUT2D eigenvalue weighted by molar-refractivity contribution is -0.137. The standard InChI is InChI=1S/C21H30F3N3O/c1-16-10-17(2)13-27(12-16)20(28)15-26-8-6-25(7-9-26)14-18-4-3-5-19(11-18)21(22,23)24/h3-5,11,16-17H,6-10,12-15H2,1-2H3. The molecule has 2 fully saturated rings. The molecule has 0 saturated carbocycles. The maximum atomic E-state index is 12.9. The van der Waals surface area contributed by atoms with Gasteiger partial charge in [-0.1, -0.05) is 32.0 Å². The zero-order valence-corrected chi connectivity index (χ0v) is 16.7. The quantitative estimate of drug-likeness (QED) is 0.780. The molecule has 2 unspecified atom stereocenters. The first-order valence-electron chi connectivity index (χ1n) is 10.1. The molecule has 0 radical (unpaired) electrons. The normalized spacial score (nSPS) is 25.1. The Kier molecular flexibility index (Phi) is 6.65. The largest absolute Gasteiger partial charge is 0.416 e. The molecule has 0 N–H and O–H groups in total. The summed E-state index contributed by atoms with van der Waals surface area (Å²) in [5.41, 5.74) is 0.0786. The number of benzene rings is 1. The zero-order chi connectivity index (χ0) is 20.3. The van der Waals surface area contributed by atoms with Crippen LogP contribution in [-0.4, -0.2) is 66.4 Å². The van der Waals surface area contributed by atoms with Crippen LogP contribution >= 0.6 is 0 Å². The van der Waals surface area contributed by atoms with Gasteiger partial charge in [-0.25, -0.2) is 0 Å². The van der Waals surface area contributed by atoms with Crippen molar-refractivity contribution in [2.45, 2.75) is 33.0 Å². The van der Waals surface area contributed by atoms with Gasteiger partial charge < -0.3 is 4.90 Å². The third-order valence-corrected chi connectivity index (χ3v) is 5.71. The maximum Gasteiger partial charge on any atom is 0.416 e. The summed E-state index contributed by atoms with van der Waals surface area (Å²) in [7, 11) is 0. The van der Waals surface area contributed by atoms with Crippen LogP contribution in [0.1, 0.15) is 31.4 Å². The van der Waals surface area contributed by atoms with Crippen LogP contribution in [0.25, 0.3) is 0 Å². The predicted molar refractivity (Wildman–Crippen MR) is 103 cm³/mol. The van der Waals surface area contributed by atoms with Crippen LogP contribution in [-0.2, 0) is 17.5 Å². The molecule has 0 aliphatic carbocycles. The minimum absolute atomic E-state index is 0.199. The molecule has 28 heavy (non-hydrogen) atoms. The average molecular weight is 397 g/mol. The molecular weight excluding hydrogens is 367 g/mol. The van der Waals surface area contributed by atoms with Crippen molar-refractivity contribution in [1.82, 2.24) is 14.7 Å². The lowest BCUT2D eigenvalue weighted by Gasteiger charge is -2.38. The Morgan fingerprint density at radius 1 is 1.04 bits per heavy atom. The van der Waals surface area contributed by atoms with Crippen LogP contribution in [0, 0.1) is 11.8 Å². The molecule has 1 aromatic rings. The molecule has 7 heteroatoms. The summed E-state index contributed by atoms with van der Waals surface area (Å²) in [5, 5.41) is 0. The Balaban J connectivity index is 1.46. The first kappa shape index (κ1) is 21.1. The molecule has 1 amide bonds. The van der Waals surface area contributed by atoms with E-state index in [0.29, 0.717) is 30.5 Å². The minimum atomic E-state index is -4.31. The van der Waals surface area contributed by atoms with Gasteiger partial charge in [0.05, 0.1) is 12.1 Å². The summed E-state index contributed by atoms with van der Waals surface area (Å²) in [4.78, 5) is 18.9. The van der Waals surface area contributed by atoms with Crippen molar-refractivity contribution in [3.8, 4) is 0 Å². The van der Waals surface area contributed by atoms with E-state index in [-0.39, 0.29) is 5.91 Å². The Bertz CT molecular complexity index is 661. The fourth-order valence-corrected chi connectivity index (χ4v) is 4.37. The van der Waals surface area contributed by atoms with Crippen LogP contribution in [0.2, 0.25) is 0 Å². The van der Waals surface area contributed by atoms with Crippen molar-refractivity contribution in [2.24, 2.45) is 11.8 Å². The summed E-state index contributed by atoms with van der Waals surface area (Å²) in [6, 6.07) is 5.54. The molecule has 2 heterocycles. The average Bonchev–Trinajstić information content (AvgIpc) is 2.62. The third kappa shape index (κ3) is 5.70. The second-order valence-corrected chi connectivity index (χ2v) is 8.50. The van der Waals surface area contributed by atoms with E-state index in [1.165, 1.54) is 18.6 Å². The maximum absolute atomic E-state index is 12.9. The first-order chi connectivity index (χ1) is 13.2. The molecule has 4 nitrogen and oxygen atoms in total. The van der Waals surface area contributed by atoms with Crippen molar-refractivity contribution < 1.29 is 18.0 Å². The second kappa shape index (κ2) is 8.82. The number of nitrogens with zero attached hydrogens (tertiary/aromatic N) is 3. The number of carbonyl (C=O) groups excluding carboxylic acids is 1. The third-order valence-electron chi connectivity index (χ3n) is 5.71. The number of halogens is 3. The van der Waals surface area contributed by atoms with E-state index >= 15 is 0 Å². The van der Waals surface area contributed by atoms with Crippen molar-refractivity contribution in [1.29, 1.82) is 0 Å². The summed E-state index contributed by atoms with van der Waals surface area (Å²) < 4.78 is 38.6. The molecule has 2 saturated heterocycles. The Hall–Kier alpha value is -1.60. The number of carbonyl (C=O) groups is 1. The van der Waals surface area contributed by atoms with Crippen molar-refractivity contribution in [3.63, 3.8) is 0 Å².